The Hall–Kier alpha value is -0.510. The molecule has 0 atom stereocenters. The first-order chi connectivity index (χ1) is 12.3. The predicted octanol–water partition coefficient (Wildman–Crippen LogP) is 3.39. The number of nitrogens with one attached hydrogen (secondary N) is 1. The molecule has 1 aromatic rings. The van der Waals surface area contributed by atoms with E-state index in [-0.39, 0.29) is 24.0 Å². The van der Waals surface area contributed by atoms with E-state index < -0.39 is 0 Å². The Morgan fingerprint density at radius 2 is 1.96 bits per heavy atom. The molecule has 6 nitrogen and oxygen atoms in total. The van der Waals surface area contributed by atoms with Crippen molar-refractivity contribution in [2.24, 2.45) is 4.99 Å². The van der Waals surface area contributed by atoms with Gasteiger partial charge >= 0.3 is 0 Å². The monoisotopic (exact) mass is 492 g/mol. The highest BCUT2D eigenvalue weighted by Crippen LogP contribution is 2.42. The largest absolute Gasteiger partial charge is 0.357 e. The fraction of sp³-hybridized carbons (Fsp3) is 0.833. The lowest BCUT2D eigenvalue weighted by Crippen LogP contribution is -2.53. The Bertz CT molecular complexity index is 524. The molecule has 1 aromatic heterocycles. The average Bonchev–Trinajstić information content (AvgIpc) is 3.15. The van der Waals surface area contributed by atoms with Gasteiger partial charge < -0.3 is 14.8 Å². The third-order valence-electron chi connectivity index (χ3n) is 5.20. The quantitative estimate of drug-likeness (QED) is 0.286. The van der Waals surface area contributed by atoms with Gasteiger partial charge in [-0.3, -0.25) is 4.99 Å². The maximum atomic E-state index is 4.92. The topological polar surface area (TPSA) is 58.3 Å². The lowest BCUT2D eigenvalue weighted by molar-refractivity contribution is 0.293. The van der Waals surface area contributed by atoms with Crippen LogP contribution in [-0.4, -0.2) is 62.3 Å². The molecule has 0 unspecified atom stereocenters. The number of rotatable bonds is 6. The highest BCUT2D eigenvalue weighted by Gasteiger charge is 2.38. The van der Waals surface area contributed by atoms with Gasteiger partial charge in [0.25, 0.3) is 0 Å². The summed E-state index contributed by atoms with van der Waals surface area (Å²) in [5, 5.41) is 11.2. The van der Waals surface area contributed by atoms with Crippen LogP contribution in [0.15, 0.2) is 17.6 Å². The van der Waals surface area contributed by atoms with E-state index in [0.29, 0.717) is 4.75 Å². The molecule has 0 bridgehead atoms. The van der Waals surface area contributed by atoms with Crippen LogP contribution in [-0.2, 0) is 6.54 Å². The average molecular weight is 492 g/mol. The number of aromatic nitrogens is 3. The number of hydrogen-bond donors (Lipinski definition) is 1. The van der Waals surface area contributed by atoms with Gasteiger partial charge in [0, 0.05) is 43.2 Å². The van der Waals surface area contributed by atoms with Crippen molar-refractivity contribution in [2.45, 2.75) is 63.2 Å². The first-order valence-corrected chi connectivity index (χ1v) is 10.8. The minimum Gasteiger partial charge on any atom is -0.357 e. The van der Waals surface area contributed by atoms with Crippen molar-refractivity contribution in [2.75, 3.05) is 31.9 Å². The van der Waals surface area contributed by atoms with Crippen molar-refractivity contribution in [1.82, 2.24) is 25.0 Å². The van der Waals surface area contributed by atoms with Crippen LogP contribution in [0.2, 0.25) is 0 Å². The molecular weight excluding hydrogens is 459 g/mol. The minimum atomic E-state index is 0. The van der Waals surface area contributed by atoms with Gasteiger partial charge in [0.2, 0.25) is 0 Å². The van der Waals surface area contributed by atoms with E-state index >= 15 is 0 Å². The molecule has 3 rings (SSSR count). The second kappa shape index (κ2) is 11.4. The van der Waals surface area contributed by atoms with Crippen LogP contribution in [0.5, 0.6) is 0 Å². The third kappa shape index (κ3) is 6.28. The molecule has 148 valence electrons. The summed E-state index contributed by atoms with van der Waals surface area (Å²) in [6.45, 7) is 7.26. The molecule has 2 heterocycles. The van der Waals surface area contributed by atoms with Crippen molar-refractivity contribution in [1.29, 1.82) is 0 Å². The van der Waals surface area contributed by atoms with Crippen LogP contribution < -0.4 is 5.32 Å². The van der Waals surface area contributed by atoms with Gasteiger partial charge in [0.1, 0.15) is 12.7 Å². The van der Waals surface area contributed by atoms with Crippen LogP contribution >= 0.6 is 35.7 Å². The second-order valence-corrected chi connectivity index (χ2v) is 8.72. The van der Waals surface area contributed by atoms with Gasteiger partial charge in [-0.05, 0) is 32.6 Å². The van der Waals surface area contributed by atoms with Crippen LogP contribution in [0.25, 0.3) is 0 Å². The summed E-state index contributed by atoms with van der Waals surface area (Å²) in [5.74, 6) is 2.36. The molecule has 1 saturated heterocycles. The molecule has 0 amide bonds. The van der Waals surface area contributed by atoms with E-state index in [2.05, 4.69) is 39.1 Å². The molecule has 8 heteroatoms. The van der Waals surface area contributed by atoms with Crippen LogP contribution in [0, 0.1) is 0 Å². The maximum absolute atomic E-state index is 4.92. The summed E-state index contributed by atoms with van der Waals surface area (Å²) in [6, 6.07) is 0. The van der Waals surface area contributed by atoms with Gasteiger partial charge in [-0.25, -0.2) is 0 Å². The number of guanidine groups is 1. The lowest BCUT2D eigenvalue weighted by Gasteiger charge is -2.45. The second-order valence-electron chi connectivity index (χ2n) is 7.16. The van der Waals surface area contributed by atoms with Gasteiger partial charge in [0.15, 0.2) is 5.96 Å². The first-order valence-electron chi connectivity index (χ1n) is 9.81. The Morgan fingerprint density at radius 1 is 1.19 bits per heavy atom. The standard InChI is InChI=1S/C18H32N6S.HI/c1-2-19-17(20-10-6-7-11-23-15-21-22-16-23)24-12-13-25-18(14-24)8-4-3-5-9-18;/h15-16H,2-14H2,1H3,(H,19,20);1H. The Morgan fingerprint density at radius 3 is 2.69 bits per heavy atom. The molecule has 2 aliphatic rings. The van der Waals surface area contributed by atoms with E-state index in [1.165, 1.54) is 44.4 Å². The van der Waals surface area contributed by atoms with E-state index in [4.69, 9.17) is 4.99 Å². The van der Waals surface area contributed by atoms with Crippen molar-refractivity contribution in [3.8, 4) is 0 Å². The van der Waals surface area contributed by atoms with Gasteiger partial charge in [-0.15, -0.1) is 34.2 Å². The number of aryl methyl sites for hydroxylation is 1. The zero-order chi connectivity index (χ0) is 17.4. The molecule has 0 aromatic carbocycles. The minimum absolute atomic E-state index is 0. The molecule has 1 spiro atoms. The fourth-order valence-corrected chi connectivity index (χ4v) is 5.45. The number of nitrogens with zero attached hydrogens (tertiary/aromatic N) is 5. The van der Waals surface area contributed by atoms with Gasteiger partial charge in [0.05, 0.1) is 0 Å². The Labute approximate surface area is 179 Å². The normalized spacial score (nSPS) is 20.0. The predicted molar refractivity (Wildman–Crippen MR) is 120 cm³/mol. The summed E-state index contributed by atoms with van der Waals surface area (Å²) in [6.07, 6.45) is 12.8. The summed E-state index contributed by atoms with van der Waals surface area (Å²) >= 11 is 2.22. The molecule has 2 fully saturated rings. The molecule has 1 aliphatic carbocycles. The molecule has 1 saturated carbocycles. The molecule has 0 radical (unpaired) electrons. The fourth-order valence-electron chi connectivity index (χ4n) is 3.88. The van der Waals surface area contributed by atoms with Crippen molar-refractivity contribution in [3.63, 3.8) is 0 Å². The summed E-state index contributed by atoms with van der Waals surface area (Å²) < 4.78 is 2.52. The maximum Gasteiger partial charge on any atom is 0.193 e. The Balaban J connectivity index is 0.00000243. The molecule has 1 N–H and O–H groups in total. The van der Waals surface area contributed by atoms with Crippen LogP contribution in [0.4, 0.5) is 0 Å². The smallest absolute Gasteiger partial charge is 0.193 e. The Kier molecular flexibility index (Phi) is 9.52. The van der Waals surface area contributed by atoms with Crippen LogP contribution in [0.1, 0.15) is 51.9 Å². The number of aliphatic imine (C=N–C) groups is 1. The van der Waals surface area contributed by atoms with E-state index in [9.17, 15) is 0 Å². The molecule has 1 aliphatic heterocycles. The number of hydrogen-bond acceptors (Lipinski definition) is 4. The highest BCUT2D eigenvalue weighted by molar-refractivity contribution is 14.0. The van der Waals surface area contributed by atoms with Gasteiger partial charge in [-0.1, -0.05) is 19.3 Å². The van der Waals surface area contributed by atoms with Crippen molar-refractivity contribution >= 4 is 41.7 Å². The first kappa shape index (κ1) is 21.8. The molecule has 26 heavy (non-hydrogen) atoms. The third-order valence-corrected chi connectivity index (χ3v) is 6.74. The van der Waals surface area contributed by atoms with Gasteiger partial charge in [-0.2, -0.15) is 11.8 Å². The van der Waals surface area contributed by atoms with Crippen molar-refractivity contribution in [3.05, 3.63) is 12.7 Å². The van der Waals surface area contributed by atoms with E-state index in [1.54, 1.807) is 12.7 Å². The summed E-state index contributed by atoms with van der Waals surface area (Å²) in [4.78, 5) is 7.43. The SMILES string of the molecule is CCNC(=NCCCCn1cnnc1)N1CCSC2(CCCCC2)C1.I. The van der Waals surface area contributed by atoms with E-state index in [1.807, 2.05) is 4.57 Å². The van der Waals surface area contributed by atoms with E-state index in [0.717, 1.165) is 45.0 Å². The molecular formula is C18H33IN6S. The highest BCUT2D eigenvalue weighted by atomic mass is 127. The lowest BCUT2D eigenvalue weighted by atomic mass is 9.87. The van der Waals surface area contributed by atoms with Crippen molar-refractivity contribution < 1.29 is 0 Å². The zero-order valence-electron chi connectivity index (χ0n) is 15.9. The van der Waals surface area contributed by atoms with Crippen LogP contribution in [0.3, 0.4) is 0 Å². The number of unbranched alkanes of at least 4 members (excludes halogenated alkanes) is 1. The number of halogens is 1. The summed E-state index contributed by atoms with van der Waals surface area (Å²) in [7, 11) is 0. The zero-order valence-corrected chi connectivity index (χ0v) is 19.0. The summed E-state index contributed by atoms with van der Waals surface area (Å²) in [5.41, 5.74) is 0. The number of thioether (sulfide) groups is 1.